The molecule has 0 bridgehead atoms. The van der Waals surface area contributed by atoms with Gasteiger partial charge < -0.3 is 10.3 Å². The Hall–Kier alpha value is -3.18. The first-order chi connectivity index (χ1) is 14.2. The van der Waals surface area contributed by atoms with E-state index in [1.807, 2.05) is 42.6 Å². The van der Waals surface area contributed by atoms with Crippen LogP contribution in [0.15, 0.2) is 78.3 Å². The number of rotatable bonds is 8. The summed E-state index contributed by atoms with van der Waals surface area (Å²) in [5.74, 6) is -0.0391. The molecule has 146 valence electrons. The Labute approximate surface area is 173 Å². The minimum absolute atomic E-state index is 0.00724. The summed E-state index contributed by atoms with van der Waals surface area (Å²) in [7, 11) is 0. The Morgan fingerprint density at radius 3 is 2.52 bits per heavy atom. The third kappa shape index (κ3) is 4.46. The van der Waals surface area contributed by atoms with Crippen molar-refractivity contribution in [2.75, 3.05) is 6.54 Å². The summed E-state index contributed by atoms with van der Waals surface area (Å²) < 4.78 is 0. The van der Waals surface area contributed by atoms with Crippen LogP contribution in [0.25, 0.3) is 10.9 Å². The van der Waals surface area contributed by atoms with Crippen LogP contribution in [0.3, 0.4) is 0 Å². The summed E-state index contributed by atoms with van der Waals surface area (Å²) in [4.78, 5) is 29.2. The number of Topliss-reactive ketones (excluding diaryl/α,β-unsaturated/α-hetero) is 1. The van der Waals surface area contributed by atoms with Crippen LogP contribution < -0.4 is 5.32 Å². The molecule has 2 aromatic heterocycles. The normalized spacial score (nSPS) is 12.0. The van der Waals surface area contributed by atoms with Crippen molar-refractivity contribution in [2.24, 2.45) is 0 Å². The molecule has 5 heteroatoms. The fourth-order valence-corrected chi connectivity index (χ4v) is 4.38. The van der Waals surface area contributed by atoms with E-state index in [0.29, 0.717) is 12.1 Å². The first-order valence-corrected chi connectivity index (χ1v) is 10.5. The zero-order valence-electron chi connectivity index (χ0n) is 15.9. The van der Waals surface area contributed by atoms with Gasteiger partial charge in [-0.25, -0.2) is 0 Å². The highest BCUT2D eigenvalue weighted by Crippen LogP contribution is 2.32. The number of aromatic amines is 1. The van der Waals surface area contributed by atoms with Gasteiger partial charge in [0.05, 0.1) is 0 Å². The van der Waals surface area contributed by atoms with Crippen molar-refractivity contribution in [3.05, 3.63) is 94.3 Å². The van der Waals surface area contributed by atoms with Gasteiger partial charge >= 0.3 is 0 Å². The van der Waals surface area contributed by atoms with Gasteiger partial charge in [-0.2, -0.15) is 0 Å². The molecule has 29 heavy (non-hydrogen) atoms. The Kier molecular flexibility index (Phi) is 5.86. The van der Waals surface area contributed by atoms with Crippen molar-refractivity contribution in [3.8, 4) is 0 Å². The maximum Gasteiger partial charge on any atom is 0.220 e. The van der Waals surface area contributed by atoms with E-state index in [4.69, 9.17) is 0 Å². The number of carbonyl (C=O) groups is 2. The predicted octanol–water partition coefficient (Wildman–Crippen LogP) is 5.14. The van der Waals surface area contributed by atoms with Gasteiger partial charge in [0.1, 0.15) is 0 Å². The summed E-state index contributed by atoms with van der Waals surface area (Å²) in [5, 5.41) is 6.25. The smallest absolute Gasteiger partial charge is 0.220 e. The Balaban J connectivity index is 1.42. The second-order valence-corrected chi connectivity index (χ2v) is 7.93. The molecule has 1 unspecified atom stereocenters. The molecule has 0 spiro atoms. The van der Waals surface area contributed by atoms with Gasteiger partial charge in [-0.05, 0) is 23.1 Å². The number of benzene rings is 2. The fourth-order valence-electron chi connectivity index (χ4n) is 3.54. The van der Waals surface area contributed by atoms with Crippen molar-refractivity contribution in [2.45, 2.75) is 18.8 Å². The molecule has 0 aliphatic carbocycles. The molecule has 4 aromatic rings. The van der Waals surface area contributed by atoms with Gasteiger partial charge in [-0.3, -0.25) is 9.59 Å². The molecule has 2 aromatic carbocycles. The van der Waals surface area contributed by atoms with Crippen LogP contribution in [-0.2, 0) is 4.79 Å². The van der Waals surface area contributed by atoms with Crippen molar-refractivity contribution < 1.29 is 9.59 Å². The van der Waals surface area contributed by atoms with E-state index >= 15 is 0 Å². The average molecular weight is 403 g/mol. The number of H-pyrrole nitrogens is 1. The van der Waals surface area contributed by atoms with Crippen molar-refractivity contribution in [1.82, 2.24) is 10.3 Å². The first-order valence-electron chi connectivity index (χ1n) is 9.67. The minimum Gasteiger partial charge on any atom is -0.361 e. The lowest BCUT2D eigenvalue weighted by molar-refractivity contribution is -0.121. The lowest BCUT2D eigenvalue weighted by Crippen LogP contribution is -2.28. The molecule has 4 rings (SSSR count). The average Bonchev–Trinajstić information content (AvgIpc) is 3.44. The highest BCUT2D eigenvalue weighted by atomic mass is 32.1. The highest BCUT2D eigenvalue weighted by molar-refractivity contribution is 7.10. The largest absolute Gasteiger partial charge is 0.361 e. The predicted molar refractivity (Wildman–Crippen MR) is 117 cm³/mol. The number of amides is 1. The minimum atomic E-state index is -0.101. The summed E-state index contributed by atoms with van der Waals surface area (Å²) in [6, 6.07) is 21.4. The molecular weight excluding hydrogens is 380 g/mol. The van der Waals surface area contributed by atoms with Gasteiger partial charge in [0, 0.05) is 52.8 Å². The number of para-hydroxylation sites is 1. The molecule has 1 atom stereocenters. The standard InChI is InChI=1S/C24H22N2O2S/c27-22(17-7-2-1-3-8-17)12-13-24(28)26-16-20(23-11-6-14-29-23)19-15-25-21-10-5-4-9-18(19)21/h1-11,14-15,20,25H,12-13,16H2,(H,26,28). The third-order valence-corrected chi connectivity index (χ3v) is 6.05. The number of hydrogen-bond acceptors (Lipinski definition) is 3. The second kappa shape index (κ2) is 8.88. The van der Waals surface area contributed by atoms with Crippen molar-refractivity contribution in [1.29, 1.82) is 0 Å². The molecule has 0 aliphatic rings. The van der Waals surface area contributed by atoms with Crippen LogP contribution in [0, 0.1) is 0 Å². The summed E-state index contributed by atoms with van der Waals surface area (Å²) >= 11 is 1.69. The number of ketones is 1. The van der Waals surface area contributed by atoms with Gasteiger partial charge in [0.15, 0.2) is 5.78 Å². The molecule has 2 N–H and O–H groups in total. The molecule has 2 heterocycles. The highest BCUT2D eigenvalue weighted by Gasteiger charge is 2.20. The SMILES string of the molecule is O=C(CCC(=O)c1ccccc1)NCC(c1cccs1)c1c[nH]c2ccccc12. The third-order valence-electron chi connectivity index (χ3n) is 5.06. The van der Waals surface area contributed by atoms with Gasteiger partial charge in [0.2, 0.25) is 5.91 Å². The number of aromatic nitrogens is 1. The van der Waals surface area contributed by atoms with Crippen LogP contribution in [-0.4, -0.2) is 23.2 Å². The molecule has 0 saturated heterocycles. The van der Waals surface area contributed by atoms with E-state index in [9.17, 15) is 9.59 Å². The van der Waals surface area contributed by atoms with Crippen molar-refractivity contribution in [3.63, 3.8) is 0 Å². The van der Waals surface area contributed by atoms with Crippen LogP contribution in [0.4, 0.5) is 0 Å². The molecule has 0 radical (unpaired) electrons. The molecule has 0 aliphatic heterocycles. The Morgan fingerprint density at radius 2 is 1.72 bits per heavy atom. The molecule has 0 saturated carbocycles. The Bertz CT molecular complexity index is 1100. The van der Waals surface area contributed by atoms with Gasteiger partial charge in [-0.15, -0.1) is 11.3 Å². The van der Waals surface area contributed by atoms with Crippen LogP contribution >= 0.6 is 11.3 Å². The summed E-state index contributed by atoms with van der Waals surface area (Å²) in [5.41, 5.74) is 2.91. The topological polar surface area (TPSA) is 62.0 Å². The van der Waals surface area contributed by atoms with Crippen LogP contribution in [0.2, 0.25) is 0 Å². The van der Waals surface area contributed by atoms with Gasteiger partial charge in [0.25, 0.3) is 0 Å². The Morgan fingerprint density at radius 1 is 0.931 bits per heavy atom. The quantitative estimate of drug-likeness (QED) is 0.401. The molecule has 1 amide bonds. The van der Waals surface area contributed by atoms with Crippen LogP contribution in [0.5, 0.6) is 0 Å². The summed E-state index contributed by atoms with van der Waals surface area (Å²) in [6.07, 6.45) is 2.44. The maximum absolute atomic E-state index is 12.4. The second-order valence-electron chi connectivity index (χ2n) is 6.95. The molecule has 4 nitrogen and oxygen atoms in total. The lowest BCUT2D eigenvalue weighted by Gasteiger charge is -2.16. The van der Waals surface area contributed by atoms with Crippen LogP contribution in [0.1, 0.15) is 39.6 Å². The number of carbonyl (C=O) groups excluding carboxylic acids is 2. The number of nitrogens with one attached hydrogen (secondary N) is 2. The van der Waals surface area contributed by atoms with E-state index in [0.717, 1.165) is 5.52 Å². The first kappa shape index (κ1) is 19.2. The van der Waals surface area contributed by atoms with E-state index in [1.54, 1.807) is 23.5 Å². The lowest BCUT2D eigenvalue weighted by atomic mass is 9.96. The van der Waals surface area contributed by atoms with Gasteiger partial charge in [-0.1, -0.05) is 54.6 Å². The maximum atomic E-state index is 12.4. The molecular formula is C24H22N2O2S. The van der Waals surface area contributed by atoms with E-state index in [2.05, 4.69) is 33.9 Å². The number of thiophene rings is 1. The zero-order chi connectivity index (χ0) is 20.1. The molecule has 0 fully saturated rings. The van der Waals surface area contributed by atoms with E-state index < -0.39 is 0 Å². The monoisotopic (exact) mass is 402 g/mol. The number of fused-ring (bicyclic) bond motifs is 1. The number of hydrogen-bond donors (Lipinski definition) is 2. The fraction of sp³-hybridized carbons (Fsp3) is 0.167. The summed E-state index contributed by atoms with van der Waals surface area (Å²) in [6.45, 7) is 0.501. The van der Waals surface area contributed by atoms with Crippen molar-refractivity contribution >= 4 is 33.9 Å². The zero-order valence-corrected chi connectivity index (χ0v) is 16.7. The van der Waals surface area contributed by atoms with E-state index in [1.165, 1.54) is 15.8 Å². The van der Waals surface area contributed by atoms with E-state index in [-0.39, 0.29) is 30.4 Å².